The molecule has 0 spiro atoms. The van der Waals surface area contributed by atoms with Crippen molar-refractivity contribution >= 4 is 10.9 Å². The maximum atomic E-state index is 12.2. The fraction of sp³-hybridized carbons (Fsp3) is 0.600. The number of benzene rings is 1. The molecule has 4 heteroatoms. The quantitative estimate of drug-likeness (QED) is 0.924. The first-order chi connectivity index (χ1) is 11.6. The SMILES string of the molecule is C[C@H]1[C@H]2Cc3ccc4c(=O)[nH]cnc4c3[C@]1(C)CCN2CC1CC1. The highest BCUT2D eigenvalue weighted by Gasteiger charge is 2.49. The lowest BCUT2D eigenvalue weighted by Crippen LogP contribution is -2.58. The Balaban J connectivity index is 1.67. The molecule has 2 aromatic rings. The zero-order chi connectivity index (χ0) is 16.5. The number of piperidine rings is 1. The Morgan fingerprint density at radius 1 is 1.38 bits per heavy atom. The van der Waals surface area contributed by atoms with Crippen LogP contribution in [0.2, 0.25) is 0 Å². The van der Waals surface area contributed by atoms with Gasteiger partial charge < -0.3 is 4.98 Å². The van der Waals surface area contributed by atoms with Gasteiger partial charge in [0.25, 0.3) is 5.56 Å². The van der Waals surface area contributed by atoms with E-state index in [4.69, 9.17) is 0 Å². The minimum atomic E-state index is -0.0210. The van der Waals surface area contributed by atoms with E-state index in [1.807, 2.05) is 6.07 Å². The number of hydrogen-bond donors (Lipinski definition) is 1. The molecule has 1 saturated heterocycles. The molecule has 4 nitrogen and oxygen atoms in total. The summed E-state index contributed by atoms with van der Waals surface area (Å²) in [5.74, 6) is 1.55. The molecule has 0 unspecified atom stereocenters. The van der Waals surface area contributed by atoms with Crippen molar-refractivity contribution in [2.45, 2.75) is 51.0 Å². The van der Waals surface area contributed by atoms with E-state index in [2.05, 4.69) is 34.8 Å². The number of nitrogens with one attached hydrogen (secondary N) is 1. The van der Waals surface area contributed by atoms with Gasteiger partial charge in [-0.05, 0) is 61.3 Å². The molecule has 5 rings (SSSR count). The molecule has 3 atom stereocenters. The molecule has 2 aliphatic carbocycles. The zero-order valence-corrected chi connectivity index (χ0v) is 14.5. The number of aromatic nitrogens is 2. The molecule has 2 bridgehead atoms. The predicted molar refractivity (Wildman–Crippen MR) is 95.3 cm³/mol. The minimum Gasteiger partial charge on any atom is -0.313 e. The molecule has 0 radical (unpaired) electrons. The normalized spacial score (nSPS) is 32.8. The summed E-state index contributed by atoms with van der Waals surface area (Å²) in [6.07, 6.45) is 6.67. The molecule has 2 heterocycles. The van der Waals surface area contributed by atoms with Gasteiger partial charge in [-0.15, -0.1) is 0 Å². The molecule has 1 N–H and O–H groups in total. The van der Waals surface area contributed by atoms with Crippen molar-refractivity contribution in [2.24, 2.45) is 11.8 Å². The number of aromatic amines is 1. The van der Waals surface area contributed by atoms with Crippen LogP contribution in [-0.4, -0.2) is 34.0 Å². The van der Waals surface area contributed by atoms with Gasteiger partial charge >= 0.3 is 0 Å². The topological polar surface area (TPSA) is 49.0 Å². The third-order valence-corrected chi connectivity index (χ3v) is 7.06. The van der Waals surface area contributed by atoms with Crippen LogP contribution in [0.1, 0.15) is 44.2 Å². The Morgan fingerprint density at radius 3 is 3.00 bits per heavy atom. The monoisotopic (exact) mass is 323 g/mol. The van der Waals surface area contributed by atoms with E-state index in [0.717, 1.165) is 29.7 Å². The summed E-state index contributed by atoms with van der Waals surface area (Å²) in [7, 11) is 0. The predicted octanol–water partition coefficient (Wildman–Crippen LogP) is 2.86. The summed E-state index contributed by atoms with van der Waals surface area (Å²) in [4.78, 5) is 22.3. The van der Waals surface area contributed by atoms with Crippen LogP contribution in [0.5, 0.6) is 0 Å². The van der Waals surface area contributed by atoms with Gasteiger partial charge in [-0.1, -0.05) is 19.9 Å². The van der Waals surface area contributed by atoms with Gasteiger partial charge in [-0.25, -0.2) is 4.98 Å². The first kappa shape index (κ1) is 14.6. The molecule has 1 saturated carbocycles. The van der Waals surface area contributed by atoms with Gasteiger partial charge in [-0.3, -0.25) is 9.69 Å². The van der Waals surface area contributed by atoms with Crippen molar-refractivity contribution in [1.29, 1.82) is 0 Å². The van der Waals surface area contributed by atoms with Crippen molar-refractivity contribution in [3.8, 4) is 0 Å². The molecular weight excluding hydrogens is 298 g/mol. The van der Waals surface area contributed by atoms with Crippen LogP contribution in [0.4, 0.5) is 0 Å². The minimum absolute atomic E-state index is 0.0210. The molecule has 2 fully saturated rings. The van der Waals surface area contributed by atoms with E-state index in [1.54, 1.807) is 6.33 Å². The number of hydrogen-bond acceptors (Lipinski definition) is 3. The highest BCUT2D eigenvalue weighted by atomic mass is 16.1. The molecule has 1 aliphatic heterocycles. The van der Waals surface area contributed by atoms with E-state index in [1.165, 1.54) is 37.1 Å². The summed E-state index contributed by atoms with van der Waals surface area (Å²) >= 11 is 0. The van der Waals surface area contributed by atoms with Crippen LogP contribution in [0.15, 0.2) is 23.3 Å². The second kappa shape index (κ2) is 4.92. The third-order valence-electron chi connectivity index (χ3n) is 7.06. The van der Waals surface area contributed by atoms with Crippen molar-refractivity contribution < 1.29 is 0 Å². The van der Waals surface area contributed by atoms with Crippen molar-refractivity contribution in [2.75, 3.05) is 13.1 Å². The van der Waals surface area contributed by atoms with Gasteiger partial charge in [-0.2, -0.15) is 0 Å². The first-order valence-corrected chi connectivity index (χ1v) is 9.32. The average molecular weight is 323 g/mol. The second-order valence-electron chi connectivity index (χ2n) is 8.39. The zero-order valence-electron chi connectivity index (χ0n) is 14.5. The summed E-state index contributed by atoms with van der Waals surface area (Å²) in [5.41, 5.74) is 3.79. The van der Waals surface area contributed by atoms with E-state index in [0.29, 0.717) is 12.0 Å². The number of nitrogens with zero attached hydrogens (tertiary/aromatic N) is 2. The Labute approximate surface area is 142 Å². The molecular formula is C20H25N3O. The first-order valence-electron chi connectivity index (χ1n) is 9.32. The summed E-state index contributed by atoms with van der Waals surface area (Å²) in [5, 5.41) is 0.739. The Bertz CT molecular complexity index is 869. The van der Waals surface area contributed by atoms with Crippen LogP contribution >= 0.6 is 0 Å². The smallest absolute Gasteiger partial charge is 0.258 e. The Morgan fingerprint density at radius 2 is 2.21 bits per heavy atom. The highest BCUT2D eigenvalue weighted by molar-refractivity contribution is 5.83. The van der Waals surface area contributed by atoms with Gasteiger partial charge in [0.1, 0.15) is 0 Å². The van der Waals surface area contributed by atoms with Crippen LogP contribution in [0, 0.1) is 11.8 Å². The van der Waals surface area contributed by atoms with Gasteiger partial charge in [0.05, 0.1) is 17.2 Å². The lowest BCUT2D eigenvalue weighted by atomic mass is 9.58. The molecule has 3 aliphatic rings. The third kappa shape index (κ3) is 1.95. The number of likely N-dealkylation sites (tertiary alicyclic amines) is 1. The van der Waals surface area contributed by atoms with E-state index in [-0.39, 0.29) is 11.0 Å². The average Bonchev–Trinajstić information content (AvgIpc) is 3.37. The van der Waals surface area contributed by atoms with E-state index < -0.39 is 0 Å². The number of rotatable bonds is 2. The van der Waals surface area contributed by atoms with E-state index in [9.17, 15) is 4.79 Å². The molecule has 24 heavy (non-hydrogen) atoms. The van der Waals surface area contributed by atoms with Crippen molar-refractivity contribution in [1.82, 2.24) is 14.9 Å². The maximum absolute atomic E-state index is 12.2. The molecule has 1 aromatic heterocycles. The Hall–Kier alpha value is -1.68. The molecule has 126 valence electrons. The van der Waals surface area contributed by atoms with Crippen LogP contribution < -0.4 is 5.56 Å². The second-order valence-corrected chi connectivity index (χ2v) is 8.39. The van der Waals surface area contributed by atoms with Gasteiger partial charge in [0, 0.05) is 18.0 Å². The standard InChI is InChI=1S/C20H25N3O/c1-12-16-9-14-5-6-15-18(21-11-22-19(15)24)17(14)20(12,2)7-8-23(16)10-13-3-4-13/h5-6,11-13,16H,3-4,7-10H2,1-2H3,(H,21,22,24)/t12-,16+,20+/m0/s1. The molecule has 1 aromatic carbocycles. The number of fused-ring (bicyclic) bond motifs is 6. The lowest BCUT2D eigenvalue weighted by Gasteiger charge is -2.54. The van der Waals surface area contributed by atoms with Crippen molar-refractivity contribution in [3.63, 3.8) is 0 Å². The Kier molecular flexibility index (Phi) is 3.00. The summed E-state index contributed by atoms with van der Waals surface area (Å²) in [6.45, 7) is 7.28. The summed E-state index contributed by atoms with van der Waals surface area (Å²) in [6, 6.07) is 4.79. The lowest BCUT2D eigenvalue weighted by molar-refractivity contribution is 0.0291. The largest absolute Gasteiger partial charge is 0.313 e. The van der Waals surface area contributed by atoms with E-state index >= 15 is 0 Å². The fourth-order valence-electron chi connectivity index (χ4n) is 5.24. The van der Waals surface area contributed by atoms with Gasteiger partial charge in [0.2, 0.25) is 0 Å². The van der Waals surface area contributed by atoms with Crippen molar-refractivity contribution in [3.05, 3.63) is 39.9 Å². The van der Waals surface area contributed by atoms with Crippen LogP contribution in [-0.2, 0) is 11.8 Å². The maximum Gasteiger partial charge on any atom is 0.258 e. The van der Waals surface area contributed by atoms with Crippen LogP contribution in [0.3, 0.4) is 0 Å². The number of H-pyrrole nitrogens is 1. The summed E-state index contributed by atoms with van der Waals surface area (Å²) < 4.78 is 0. The fourth-order valence-corrected chi connectivity index (χ4v) is 5.24. The van der Waals surface area contributed by atoms with Crippen LogP contribution in [0.25, 0.3) is 10.9 Å². The van der Waals surface area contributed by atoms with Gasteiger partial charge in [0.15, 0.2) is 0 Å². The highest BCUT2D eigenvalue weighted by Crippen LogP contribution is 2.50. The molecule has 0 amide bonds.